The lowest BCUT2D eigenvalue weighted by Crippen LogP contribution is -2.07. The van der Waals surface area contributed by atoms with Crippen LogP contribution in [0.5, 0.6) is 0 Å². The van der Waals surface area contributed by atoms with Crippen molar-refractivity contribution in [1.29, 1.82) is 10.5 Å². The molecule has 0 amide bonds. The molecule has 0 N–H and O–H groups in total. The Morgan fingerprint density at radius 3 is 1.19 bits per heavy atom. The van der Waals surface area contributed by atoms with E-state index in [4.69, 9.17) is 0 Å². The van der Waals surface area contributed by atoms with Crippen LogP contribution >= 0.6 is 0 Å². The number of benzene rings is 14. The van der Waals surface area contributed by atoms with Gasteiger partial charge < -0.3 is 27.4 Å². The molecule has 8 heterocycles. The monoisotopic (exact) mass is 1440 g/mol. The molecule has 0 saturated carbocycles. The average Bonchev–Trinajstić information content (AvgIpc) is 1.55. The highest BCUT2D eigenvalue weighted by molar-refractivity contribution is 6.21. The molecule has 10 heteroatoms. The number of para-hydroxylation sites is 9. The highest BCUT2D eigenvalue weighted by Crippen LogP contribution is 2.50. The number of nitriles is 2. The summed E-state index contributed by atoms with van der Waals surface area (Å²) in [7, 11) is 0. The van der Waals surface area contributed by atoms with Crippen LogP contribution in [-0.2, 0) is 6.42 Å². The van der Waals surface area contributed by atoms with Crippen molar-refractivity contribution in [3.8, 4) is 90.8 Å². The summed E-state index contributed by atoms with van der Waals surface area (Å²) in [5.41, 5.74) is 30.2. The first-order valence-electron chi connectivity index (χ1n) is 38.4. The molecule has 0 radical (unpaired) electrons. The molecule has 8 aromatic heterocycles. The van der Waals surface area contributed by atoms with Gasteiger partial charge in [0.2, 0.25) is 0 Å². The van der Waals surface area contributed by atoms with E-state index in [0.717, 1.165) is 195 Å². The summed E-state index contributed by atoms with van der Waals surface area (Å²) in [5, 5.41) is 34.7. The van der Waals surface area contributed by atoms with Crippen LogP contribution in [0.25, 0.3) is 205 Å². The van der Waals surface area contributed by atoms with Crippen LogP contribution in [0, 0.1) is 29.6 Å². The van der Waals surface area contributed by atoms with Crippen molar-refractivity contribution in [1.82, 2.24) is 37.4 Å². The van der Waals surface area contributed by atoms with Crippen LogP contribution in [0.2, 0.25) is 0 Å². The number of rotatable bonds is 10. The van der Waals surface area contributed by atoms with Gasteiger partial charge in [0, 0.05) is 118 Å². The molecule has 0 atom stereocenters. The normalized spacial score (nSPS) is 12.3. The summed E-state index contributed by atoms with van der Waals surface area (Å²) in [6, 6.07) is 118. The Bertz CT molecular complexity index is 7900. The van der Waals surface area contributed by atoms with Gasteiger partial charge in [0.15, 0.2) is 0 Å². The van der Waals surface area contributed by atoms with Crippen molar-refractivity contribution in [2.45, 2.75) is 19.8 Å². The second kappa shape index (κ2) is 24.8. The molecule has 0 aliphatic heterocycles. The summed E-state index contributed by atoms with van der Waals surface area (Å²) in [5.74, 6) is 0. The second-order valence-corrected chi connectivity index (χ2v) is 29.7. The van der Waals surface area contributed by atoms with Crippen LogP contribution < -0.4 is 0 Å². The fourth-order valence-corrected chi connectivity index (χ4v) is 19.1. The predicted molar refractivity (Wildman–Crippen MR) is 464 cm³/mol. The highest BCUT2D eigenvalue weighted by atomic mass is 15.1. The van der Waals surface area contributed by atoms with Crippen LogP contribution in [0.3, 0.4) is 0 Å². The topological polar surface area (TPSA) is 103 Å². The number of hydrogen-bond donors (Lipinski definition) is 0. The zero-order valence-electron chi connectivity index (χ0n) is 61.3. The Morgan fingerprint density at radius 2 is 0.664 bits per heavy atom. The second-order valence-electron chi connectivity index (χ2n) is 29.7. The predicted octanol–water partition coefficient (Wildman–Crippen LogP) is 25.6. The number of aromatic nitrogens is 8. The van der Waals surface area contributed by atoms with E-state index in [2.05, 4.69) is 354 Å². The lowest BCUT2D eigenvalue weighted by molar-refractivity contribution is 0.889. The molecule has 526 valence electrons. The summed E-state index contributed by atoms with van der Waals surface area (Å²) in [6.45, 7) is 2.15. The maximum atomic E-state index is 11.2. The first kappa shape index (κ1) is 63.7. The van der Waals surface area contributed by atoms with Gasteiger partial charge in [0.05, 0.1) is 112 Å². The Morgan fingerprint density at radius 1 is 0.274 bits per heavy atom. The fourth-order valence-electron chi connectivity index (χ4n) is 19.1. The van der Waals surface area contributed by atoms with E-state index in [-0.39, 0.29) is 0 Å². The molecule has 14 aromatic carbocycles. The van der Waals surface area contributed by atoms with Crippen molar-refractivity contribution in [3.63, 3.8) is 0 Å². The van der Waals surface area contributed by atoms with Gasteiger partial charge in [-0.2, -0.15) is 10.5 Å². The first-order chi connectivity index (χ1) is 56.0. The highest BCUT2D eigenvalue weighted by Gasteiger charge is 2.30. The van der Waals surface area contributed by atoms with E-state index in [1.165, 1.54) is 32.9 Å². The lowest BCUT2D eigenvalue weighted by Gasteiger charge is -2.21. The van der Waals surface area contributed by atoms with Gasteiger partial charge in [0.25, 0.3) is 0 Å². The molecule has 1 aliphatic carbocycles. The molecule has 0 saturated heterocycles. The van der Waals surface area contributed by atoms with Crippen molar-refractivity contribution in [3.05, 3.63) is 368 Å². The van der Waals surface area contributed by atoms with Crippen LogP contribution in [0.1, 0.15) is 34.4 Å². The van der Waals surface area contributed by atoms with E-state index in [1.807, 2.05) is 24.3 Å². The third kappa shape index (κ3) is 9.33. The minimum absolute atomic E-state index is 0.570. The fraction of sp³-hybridized carbons (Fsp3) is 0.0291. The average molecular weight is 1440 g/mol. The van der Waals surface area contributed by atoms with Gasteiger partial charge in [-0.05, 0) is 174 Å². The number of pyridine rings is 2. The molecule has 113 heavy (non-hydrogen) atoms. The van der Waals surface area contributed by atoms with E-state index in [1.54, 1.807) is 24.8 Å². The smallest absolute Gasteiger partial charge is 0.0998 e. The largest absolute Gasteiger partial charge is 0.311 e. The number of allylic oxidation sites excluding steroid dienone is 1. The van der Waals surface area contributed by atoms with Gasteiger partial charge in [-0.25, -0.2) is 0 Å². The maximum absolute atomic E-state index is 11.2. The SMILES string of the molecule is Cc1cc(C#N)c(-c2ccncc2)cc1-n1c2c(-n3c4c(c5ccccc53)C=CCC4)cccc2c2cccc(-n3c4ccccc4c4ccc(-c5ccc6c(c5)c5ccccc5n6-c5cccc6c7cccc(-n8c9ccccc9c9ccccc98)c7n(-c7cc(-c8ccncc8)c(C#N)cc7-c7ccccc7)c56)cc43)c21. The van der Waals surface area contributed by atoms with Crippen LogP contribution in [0.15, 0.2) is 340 Å². The zero-order valence-corrected chi connectivity index (χ0v) is 61.3. The lowest BCUT2D eigenvalue weighted by atomic mass is 9.94. The molecule has 10 nitrogen and oxygen atoms in total. The third-order valence-electron chi connectivity index (χ3n) is 23.9. The molecule has 22 aromatic rings. The molecule has 0 bridgehead atoms. The number of aryl methyl sites for hydroxylation is 1. The van der Waals surface area contributed by atoms with Gasteiger partial charge in [-0.15, -0.1) is 0 Å². The van der Waals surface area contributed by atoms with Gasteiger partial charge >= 0.3 is 0 Å². The minimum Gasteiger partial charge on any atom is -0.311 e. The number of fused-ring (bicyclic) bond motifs is 18. The van der Waals surface area contributed by atoms with E-state index in [9.17, 15) is 10.5 Å². The van der Waals surface area contributed by atoms with Crippen molar-refractivity contribution in [2.75, 3.05) is 0 Å². The molecule has 0 spiro atoms. The Balaban J connectivity index is 0.771. The summed E-state index contributed by atoms with van der Waals surface area (Å²) in [6.07, 6.45) is 13.7. The van der Waals surface area contributed by atoms with Crippen molar-refractivity contribution < 1.29 is 0 Å². The number of hydrogen-bond acceptors (Lipinski definition) is 4. The molecular formula is C103H64N10. The van der Waals surface area contributed by atoms with Crippen LogP contribution in [-0.4, -0.2) is 37.4 Å². The van der Waals surface area contributed by atoms with Gasteiger partial charge in [0.1, 0.15) is 0 Å². The summed E-state index contributed by atoms with van der Waals surface area (Å²) >= 11 is 0. The van der Waals surface area contributed by atoms with E-state index >= 15 is 0 Å². The Hall–Kier alpha value is -15.4. The van der Waals surface area contributed by atoms with Crippen molar-refractivity contribution >= 4 is 126 Å². The van der Waals surface area contributed by atoms with Crippen molar-refractivity contribution in [2.24, 2.45) is 0 Å². The third-order valence-corrected chi connectivity index (χ3v) is 23.9. The molecule has 0 unspecified atom stereocenters. The summed E-state index contributed by atoms with van der Waals surface area (Å²) in [4.78, 5) is 8.86. The zero-order chi connectivity index (χ0) is 74.7. The molecular weight excluding hydrogens is 1380 g/mol. The Labute approximate surface area is 648 Å². The standard InChI is InChI=1S/C103H64N10/c1-63-55-69(61-104)82(65-47-51-106-52-48-65)59-97(63)112-100-78(29-17-39-93(100)108-86-33-11-5-23-71(86)72-24-6-12-34-87(72)108)79-30-20-42-96(101(79)112)111-90-37-15-9-27-75(90)77-45-43-68(58-98(77)111)67-44-46-92-85(56-67)76-28-10-16-38-91(76)110(92)95-41-19-32-81-80-31-18-40-94(109-88-35-13-7-25-73(88)74-26-8-14-36-89(74)109)102(80)113(103(81)95)99-60-83(66-49-53-107-54-50-66)70(62-105)57-84(99)64-21-3-2-4-22-64/h2-11,13-33,35-60H,12,34H2,1H3. The Kier molecular flexibility index (Phi) is 14.0. The van der Waals surface area contributed by atoms with Crippen LogP contribution in [0.4, 0.5) is 0 Å². The molecule has 1 aliphatic rings. The van der Waals surface area contributed by atoms with E-state index < -0.39 is 0 Å². The summed E-state index contributed by atoms with van der Waals surface area (Å²) < 4.78 is 15.0. The molecule has 23 rings (SSSR count). The van der Waals surface area contributed by atoms with E-state index in [0.29, 0.717) is 11.1 Å². The van der Waals surface area contributed by atoms with Gasteiger partial charge in [-0.1, -0.05) is 200 Å². The first-order valence-corrected chi connectivity index (χ1v) is 38.4. The quantitative estimate of drug-likeness (QED) is 0.136. The maximum Gasteiger partial charge on any atom is 0.0998 e. The minimum atomic E-state index is 0.570. The van der Waals surface area contributed by atoms with Gasteiger partial charge in [-0.3, -0.25) is 9.97 Å². The number of nitrogens with zero attached hydrogens (tertiary/aromatic N) is 10. The molecule has 0 fully saturated rings.